The van der Waals surface area contributed by atoms with Crippen LogP contribution >= 0.6 is 0 Å². The van der Waals surface area contributed by atoms with Gasteiger partial charge in [-0.1, -0.05) is 18.2 Å². The second-order valence-electron chi connectivity index (χ2n) is 10.3. The van der Waals surface area contributed by atoms with Gasteiger partial charge in [-0.2, -0.15) is 13.2 Å². The van der Waals surface area contributed by atoms with Gasteiger partial charge in [0.1, 0.15) is 5.54 Å². The molecule has 1 aromatic heterocycles. The highest BCUT2D eigenvalue weighted by atomic mass is 32.2. The van der Waals surface area contributed by atoms with E-state index in [1.807, 2.05) is 30.3 Å². The molecule has 0 radical (unpaired) electrons. The summed E-state index contributed by atoms with van der Waals surface area (Å²) in [6.07, 6.45) is 3.37. The Hall–Kier alpha value is -3.51. The number of sulfone groups is 1. The summed E-state index contributed by atoms with van der Waals surface area (Å²) in [6.45, 7) is 4.75. The van der Waals surface area contributed by atoms with Gasteiger partial charge in [0.2, 0.25) is 0 Å². The van der Waals surface area contributed by atoms with E-state index in [2.05, 4.69) is 10.3 Å². The standard InChI is InChI=1S/C27H27F3N4O4S/c1-26(2)24(35)33(18-9-11-19(12-10-18)39(37,38)27(28,29)30)25(36)34(26)23(17-6-5-14-31-16-17)21-13-15-32-22-8-4-3-7-20(21)22/h3-4,7-13,15,17,23,31H,5-6,14,16H2,1-2H3. The van der Waals surface area contributed by atoms with Crippen molar-refractivity contribution in [1.82, 2.24) is 15.2 Å². The van der Waals surface area contributed by atoms with E-state index in [4.69, 9.17) is 0 Å². The molecule has 3 aromatic rings. The van der Waals surface area contributed by atoms with Gasteiger partial charge < -0.3 is 10.2 Å². The number of piperidine rings is 1. The summed E-state index contributed by atoms with van der Waals surface area (Å²) >= 11 is 0. The Morgan fingerprint density at radius 2 is 1.74 bits per heavy atom. The van der Waals surface area contributed by atoms with Crippen LogP contribution in [-0.2, 0) is 14.6 Å². The molecule has 2 unspecified atom stereocenters. The number of carbonyl (C=O) groups excluding carboxylic acids is 2. The molecular formula is C27H27F3N4O4S. The first-order valence-electron chi connectivity index (χ1n) is 12.5. The van der Waals surface area contributed by atoms with Crippen LogP contribution in [0.25, 0.3) is 10.9 Å². The topological polar surface area (TPSA) is 99.7 Å². The number of halogens is 3. The van der Waals surface area contributed by atoms with Gasteiger partial charge in [0.15, 0.2) is 0 Å². The number of hydrogen-bond donors (Lipinski definition) is 1. The molecule has 2 atom stereocenters. The van der Waals surface area contributed by atoms with E-state index in [1.54, 1.807) is 24.9 Å². The number of imide groups is 1. The van der Waals surface area contributed by atoms with Gasteiger partial charge in [-0.15, -0.1) is 0 Å². The average molecular weight is 561 g/mol. The SMILES string of the molecule is CC1(C)C(=O)N(c2ccc(S(=O)(=O)C(F)(F)F)cc2)C(=O)N1C(c1ccnc2ccccc12)C1CCCNC1. The number of para-hydroxylation sites is 1. The smallest absolute Gasteiger partial charge is 0.316 e. The molecular weight excluding hydrogens is 533 g/mol. The quantitative estimate of drug-likeness (QED) is 0.450. The lowest BCUT2D eigenvalue weighted by Gasteiger charge is -2.42. The molecule has 5 rings (SSSR count). The zero-order valence-electron chi connectivity index (χ0n) is 21.3. The van der Waals surface area contributed by atoms with Gasteiger partial charge in [0.25, 0.3) is 15.7 Å². The number of benzene rings is 2. The lowest BCUT2D eigenvalue weighted by Crippen LogP contribution is -2.50. The highest BCUT2D eigenvalue weighted by Crippen LogP contribution is 2.45. The van der Waals surface area contributed by atoms with Gasteiger partial charge in [-0.3, -0.25) is 9.78 Å². The summed E-state index contributed by atoms with van der Waals surface area (Å²) in [5.41, 5.74) is -5.20. The molecule has 3 heterocycles. The first kappa shape index (κ1) is 27.1. The van der Waals surface area contributed by atoms with Gasteiger partial charge in [0.05, 0.1) is 22.1 Å². The fourth-order valence-corrected chi connectivity index (χ4v) is 6.30. The van der Waals surface area contributed by atoms with Crippen molar-refractivity contribution in [3.05, 3.63) is 66.4 Å². The third kappa shape index (κ3) is 4.45. The Morgan fingerprint density at radius 1 is 1.05 bits per heavy atom. The van der Waals surface area contributed by atoms with Crippen molar-refractivity contribution in [2.24, 2.45) is 5.92 Å². The molecule has 2 saturated heterocycles. The van der Waals surface area contributed by atoms with Crippen molar-refractivity contribution in [2.45, 2.75) is 48.7 Å². The largest absolute Gasteiger partial charge is 0.501 e. The number of carbonyl (C=O) groups is 2. The summed E-state index contributed by atoms with van der Waals surface area (Å²) < 4.78 is 62.7. The number of urea groups is 1. The van der Waals surface area contributed by atoms with E-state index < -0.39 is 43.8 Å². The van der Waals surface area contributed by atoms with Crippen LogP contribution in [0.2, 0.25) is 0 Å². The van der Waals surface area contributed by atoms with Crippen molar-refractivity contribution in [3.8, 4) is 0 Å². The summed E-state index contributed by atoms with van der Waals surface area (Å²) in [5.74, 6) is -0.592. The minimum atomic E-state index is -5.57. The number of anilines is 1. The normalized spacial score (nSPS) is 21.0. The molecule has 1 N–H and O–H groups in total. The zero-order chi connectivity index (χ0) is 28.2. The summed E-state index contributed by atoms with van der Waals surface area (Å²) in [4.78, 5) is 33.7. The molecule has 0 bridgehead atoms. The zero-order valence-corrected chi connectivity index (χ0v) is 22.1. The van der Waals surface area contributed by atoms with E-state index >= 15 is 0 Å². The highest BCUT2D eigenvalue weighted by molar-refractivity contribution is 7.92. The number of nitrogens with one attached hydrogen (secondary N) is 1. The minimum Gasteiger partial charge on any atom is -0.316 e. The maximum absolute atomic E-state index is 14.1. The maximum Gasteiger partial charge on any atom is 0.501 e. The molecule has 0 saturated carbocycles. The van der Waals surface area contributed by atoms with Crippen LogP contribution in [0.3, 0.4) is 0 Å². The molecule has 12 heteroatoms. The molecule has 2 aliphatic rings. The maximum atomic E-state index is 14.1. The van der Waals surface area contributed by atoms with Crippen molar-refractivity contribution < 1.29 is 31.2 Å². The molecule has 39 heavy (non-hydrogen) atoms. The fourth-order valence-electron chi connectivity index (χ4n) is 5.54. The number of alkyl halides is 3. The molecule has 3 amide bonds. The van der Waals surface area contributed by atoms with Crippen molar-refractivity contribution in [2.75, 3.05) is 18.0 Å². The van der Waals surface area contributed by atoms with E-state index in [1.165, 1.54) is 0 Å². The summed E-state index contributed by atoms with van der Waals surface area (Å²) in [7, 11) is -5.57. The lowest BCUT2D eigenvalue weighted by molar-refractivity contribution is -0.124. The van der Waals surface area contributed by atoms with Crippen molar-refractivity contribution >= 4 is 38.4 Å². The number of nitrogens with zero attached hydrogens (tertiary/aromatic N) is 3. The Kier molecular flexibility index (Phi) is 6.66. The number of hydrogen-bond acceptors (Lipinski definition) is 6. The molecule has 0 spiro atoms. The molecule has 0 aliphatic carbocycles. The summed E-state index contributed by atoms with van der Waals surface area (Å²) in [5, 5.41) is 4.24. The second kappa shape index (κ2) is 9.60. The lowest BCUT2D eigenvalue weighted by atomic mass is 9.83. The van der Waals surface area contributed by atoms with Crippen LogP contribution in [0.5, 0.6) is 0 Å². The Labute approximate surface area is 223 Å². The minimum absolute atomic E-state index is 0.0122. The Balaban J connectivity index is 1.60. The van der Waals surface area contributed by atoms with Crippen LogP contribution in [0.4, 0.5) is 23.7 Å². The van der Waals surface area contributed by atoms with Crippen LogP contribution < -0.4 is 10.2 Å². The van der Waals surface area contributed by atoms with E-state index in [9.17, 15) is 31.2 Å². The van der Waals surface area contributed by atoms with Gasteiger partial charge in [-0.25, -0.2) is 18.1 Å². The van der Waals surface area contributed by atoms with Gasteiger partial charge in [0, 0.05) is 18.1 Å². The number of aromatic nitrogens is 1. The molecule has 206 valence electrons. The molecule has 2 aliphatic heterocycles. The van der Waals surface area contributed by atoms with Crippen molar-refractivity contribution in [1.29, 1.82) is 0 Å². The van der Waals surface area contributed by atoms with Crippen LogP contribution in [0, 0.1) is 5.92 Å². The Morgan fingerprint density at radius 3 is 2.38 bits per heavy atom. The predicted molar refractivity (Wildman–Crippen MR) is 139 cm³/mol. The fraction of sp³-hybridized carbons (Fsp3) is 0.370. The van der Waals surface area contributed by atoms with Gasteiger partial charge in [-0.05, 0) is 81.1 Å². The van der Waals surface area contributed by atoms with Gasteiger partial charge >= 0.3 is 11.5 Å². The first-order valence-corrected chi connectivity index (χ1v) is 14.0. The van der Waals surface area contributed by atoms with E-state index in [0.29, 0.717) is 6.54 Å². The van der Waals surface area contributed by atoms with Crippen LogP contribution in [0.15, 0.2) is 65.7 Å². The number of pyridine rings is 1. The monoisotopic (exact) mass is 560 g/mol. The third-order valence-corrected chi connectivity index (χ3v) is 9.00. The van der Waals surface area contributed by atoms with Crippen LogP contribution in [-0.4, -0.2) is 54.4 Å². The number of fused-ring (bicyclic) bond motifs is 1. The highest BCUT2D eigenvalue weighted by Gasteiger charge is 2.56. The first-order chi connectivity index (χ1) is 18.4. The molecule has 8 nitrogen and oxygen atoms in total. The van der Waals surface area contributed by atoms with Crippen LogP contribution in [0.1, 0.15) is 38.3 Å². The number of amides is 3. The molecule has 2 aromatic carbocycles. The second-order valence-corrected chi connectivity index (χ2v) is 12.2. The number of rotatable bonds is 5. The molecule has 2 fully saturated rings. The predicted octanol–water partition coefficient (Wildman–Crippen LogP) is 4.82. The summed E-state index contributed by atoms with van der Waals surface area (Å²) in [6, 6.07) is 11.9. The van der Waals surface area contributed by atoms with E-state index in [-0.39, 0.29) is 11.6 Å². The average Bonchev–Trinajstić information content (AvgIpc) is 3.08. The third-order valence-electron chi connectivity index (χ3n) is 7.50. The van der Waals surface area contributed by atoms with Crippen molar-refractivity contribution in [3.63, 3.8) is 0 Å². The Bertz CT molecular complexity index is 1530. The van der Waals surface area contributed by atoms with E-state index in [0.717, 1.165) is 65.0 Å².